The van der Waals surface area contributed by atoms with Crippen LogP contribution in [0.4, 0.5) is 0 Å². The minimum Gasteiger partial charge on any atom is -0.475 e. The smallest absolute Gasteiger partial charge is 0.216 e. The van der Waals surface area contributed by atoms with Crippen molar-refractivity contribution in [1.29, 1.82) is 0 Å². The molecule has 0 fully saturated rings. The lowest BCUT2D eigenvalue weighted by Gasteiger charge is -2.08. The molecule has 0 saturated carbocycles. The van der Waals surface area contributed by atoms with E-state index in [4.69, 9.17) is 4.74 Å². The third-order valence-electron chi connectivity index (χ3n) is 3.22. The van der Waals surface area contributed by atoms with Gasteiger partial charge in [-0.25, -0.2) is 4.99 Å². The van der Waals surface area contributed by atoms with Crippen molar-refractivity contribution < 1.29 is 4.74 Å². The average Bonchev–Trinajstić information content (AvgIpc) is 2.90. The Kier molecular flexibility index (Phi) is 2.85. The highest BCUT2D eigenvalue weighted by atomic mass is 16.5. The molecule has 90 valence electrons. The van der Waals surface area contributed by atoms with Gasteiger partial charge in [0.25, 0.3) is 0 Å². The third-order valence-corrected chi connectivity index (χ3v) is 3.22. The average molecular weight is 237 g/mol. The first-order valence-corrected chi connectivity index (χ1v) is 6.16. The molecule has 2 nitrogen and oxygen atoms in total. The van der Waals surface area contributed by atoms with Crippen LogP contribution in [0.2, 0.25) is 0 Å². The summed E-state index contributed by atoms with van der Waals surface area (Å²) in [6.45, 7) is 2.75. The van der Waals surface area contributed by atoms with Crippen LogP contribution in [0.15, 0.2) is 59.6 Å². The Balaban J connectivity index is 1.91. The maximum Gasteiger partial charge on any atom is 0.216 e. The van der Waals surface area contributed by atoms with Gasteiger partial charge in [-0.3, -0.25) is 0 Å². The van der Waals surface area contributed by atoms with Crippen molar-refractivity contribution in [1.82, 2.24) is 0 Å². The summed E-state index contributed by atoms with van der Waals surface area (Å²) in [5.74, 6) is 0.754. The summed E-state index contributed by atoms with van der Waals surface area (Å²) in [6.07, 6.45) is 0. The molecule has 0 radical (unpaired) electrons. The number of nitrogens with zero attached hydrogens (tertiary/aromatic N) is 1. The first kappa shape index (κ1) is 11.0. The molecule has 18 heavy (non-hydrogen) atoms. The number of aliphatic imine (C=N–C) groups is 1. The van der Waals surface area contributed by atoms with Crippen molar-refractivity contribution >= 4 is 5.90 Å². The zero-order valence-electron chi connectivity index (χ0n) is 10.3. The van der Waals surface area contributed by atoms with Crippen LogP contribution in [0.3, 0.4) is 0 Å². The fraction of sp³-hybridized carbons (Fsp3) is 0.188. The summed E-state index contributed by atoms with van der Waals surface area (Å²) in [5, 5.41) is 0. The molecular weight excluding hydrogens is 222 g/mol. The van der Waals surface area contributed by atoms with Crippen LogP contribution in [0.25, 0.3) is 0 Å². The van der Waals surface area contributed by atoms with Gasteiger partial charge in [-0.15, -0.1) is 0 Å². The summed E-state index contributed by atoms with van der Waals surface area (Å²) in [5.41, 5.74) is 3.57. The van der Waals surface area contributed by atoms with Gasteiger partial charge in [0.15, 0.2) is 0 Å². The summed E-state index contributed by atoms with van der Waals surface area (Å²) in [6, 6.07) is 18.5. The van der Waals surface area contributed by atoms with Crippen molar-refractivity contribution in [3.63, 3.8) is 0 Å². The molecular formula is C16H15NO. The van der Waals surface area contributed by atoms with Crippen LogP contribution in [0, 0.1) is 6.92 Å². The summed E-state index contributed by atoms with van der Waals surface area (Å²) in [4.78, 5) is 4.68. The Hall–Kier alpha value is -2.09. The molecule has 0 N–H and O–H groups in total. The molecule has 0 unspecified atom stereocenters. The summed E-state index contributed by atoms with van der Waals surface area (Å²) < 4.78 is 5.71. The number of rotatable bonds is 2. The highest BCUT2D eigenvalue weighted by Gasteiger charge is 2.22. The van der Waals surface area contributed by atoms with Crippen molar-refractivity contribution in [2.45, 2.75) is 13.0 Å². The molecule has 1 aliphatic heterocycles. The van der Waals surface area contributed by atoms with Gasteiger partial charge in [0.2, 0.25) is 5.90 Å². The van der Waals surface area contributed by atoms with Gasteiger partial charge in [-0.05, 0) is 30.2 Å². The van der Waals surface area contributed by atoms with Crippen molar-refractivity contribution in [3.05, 3.63) is 71.3 Å². The fourth-order valence-electron chi connectivity index (χ4n) is 2.23. The van der Waals surface area contributed by atoms with E-state index in [-0.39, 0.29) is 6.04 Å². The Morgan fingerprint density at radius 2 is 1.72 bits per heavy atom. The van der Waals surface area contributed by atoms with E-state index in [9.17, 15) is 0 Å². The largest absolute Gasteiger partial charge is 0.475 e. The van der Waals surface area contributed by atoms with Gasteiger partial charge in [-0.2, -0.15) is 0 Å². The molecule has 0 bridgehead atoms. The molecule has 0 amide bonds. The predicted molar refractivity (Wildman–Crippen MR) is 72.9 cm³/mol. The zero-order valence-corrected chi connectivity index (χ0v) is 10.3. The summed E-state index contributed by atoms with van der Waals surface area (Å²) in [7, 11) is 0. The predicted octanol–water partition coefficient (Wildman–Crippen LogP) is 3.51. The molecule has 0 aliphatic carbocycles. The molecule has 1 heterocycles. The Morgan fingerprint density at radius 1 is 1.00 bits per heavy atom. The van der Waals surface area contributed by atoms with Gasteiger partial charge < -0.3 is 4.74 Å². The SMILES string of the molecule is Cc1ccccc1[C@@H]1COC(c2ccccc2)=N1. The molecule has 0 spiro atoms. The second-order valence-corrected chi connectivity index (χ2v) is 4.48. The molecule has 0 saturated heterocycles. The third kappa shape index (κ3) is 2.02. The Labute approximate surface area is 107 Å². The molecule has 2 aromatic carbocycles. The quantitative estimate of drug-likeness (QED) is 0.783. The van der Waals surface area contributed by atoms with Gasteiger partial charge in [0, 0.05) is 5.56 Å². The maximum absolute atomic E-state index is 5.71. The van der Waals surface area contributed by atoms with E-state index in [0.717, 1.165) is 11.5 Å². The molecule has 2 heteroatoms. The van der Waals surface area contributed by atoms with Gasteiger partial charge >= 0.3 is 0 Å². The zero-order chi connectivity index (χ0) is 12.4. The normalized spacial score (nSPS) is 18.3. The van der Waals surface area contributed by atoms with Gasteiger partial charge in [-0.1, -0.05) is 42.5 Å². The minimum atomic E-state index is 0.126. The van der Waals surface area contributed by atoms with Crippen LogP contribution >= 0.6 is 0 Å². The first-order chi connectivity index (χ1) is 8.84. The van der Waals surface area contributed by atoms with Crippen molar-refractivity contribution in [3.8, 4) is 0 Å². The van der Waals surface area contributed by atoms with E-state index in [2.05, 4.69) is 36.2 Å². The van der Waals surface area contributed by atoms with Crippen LogP contribution < -0.4 is 0 Å². The lowest BCUT2D eigenvalue weighted by atomic mass is 10.0. The molecule has 3 rings (SSSR count). The molecule has 1 aliphatic rings. The van der Waals surface area contributed by atoms with E-state index in [1.165, 1.54) is 11.1 Å². The fourth-order valence-corrected chi connectivity index (χ4v) is 2.23. The number of aryl methyl sites for hydroxylation is 1. The van der Waals surface area contributed by atoms with Crippen molar-refractivity contribution in [2.75, 3.05) is 6.61 Å². The lowest BCUT2D eigenvalue weighted by molar-refractivity contribution is 0.319. The first-order valence-electron chi connectivity index (χ1n) is 6.16. The monoisotopic (exact) mass is 237 g/mol. The van der Waals surface area contributed by atoms with Crippen LogP contribution in [0.5, 0.6) is 0 Å². The second-order valence-electron chi connectivity index (χ2n) is 4.48. The molecule has 0 aromatic heterocycles. The Bertz CT molecular complexity index is 575. The standard InChI is InChI=1S/C16H15NO/c1-12-7-5-6-10-14(12)15-11-18-16(17-15)13-8-3-2-4-9-13/h2-10,15H,11H2,1H3/t15-/m0/s1. The van der Waals surface area contributed by atoms with E-state index >= 15 is 0 Å². The van der Waals surface area contributed by atoms with E-state index in [1.807, 2.05) is 30.3 Å². The highest BCUT2D eigenvalue weighted by Crippen LogP contribution is 2.27. The summed E-state index contributed by atoms with van der Waals surface area (Å²) >= 11 is 0. The second kappa shape index (κ2) is 4.65. The van der Waals surface area contributed by atoms with Crippen LogP contribution in [-0.2, 0) is 4.74 Å². The Morgan fingerprint density at radius 3 is 2.50 bits per heavy atom. The van der Waals surface area contributed by atoms with Crippen LogP contribution in [0.1, 0.15) is 22.7 Å². The van der Waals surface area contributed by atoms with Crippen molar-refractivity contribution in [2.24, 2.45) is 4.99 Å². The molecule has 1 atom stereocenters. The minimum absolute atomic E-state index is 0.126. The highest BCUT2D eigenvalue weighted by molar-refractivity contribution is 5.95. The van der Waals surface area contributed by atoms with E-state index in [0.29, 0.717) is 6.61 Å². The topological polar surface area (TPSA) is 21.6 Å². The van der Waals surface area contributed by atoms with Gasteiger partial charge in [0.05, 0.1) is 0 Å². The number of hydrogen-bond acceptors (Lipinski definition) is 2. The lowest BCUT2D eigenvalue weighted by Crippen LogP contribution is -2.01. The number of benzene rings is 2. The number of ether oxygens (including phenoxy) is 1. The van der Waals surface area contributed by atoms with Crippen LogP contribution in [-0.4, -0.2) is 12.5 Å². The van der Waals surface area contributed by atoms with E-state index < -0.39 is 0 Å². The number of hydrogen-bond donors (Lipinski definition) is 0. The van der Waals surface area contributed by atoms with E-state index in [1.54, 1.807) is 0 Å². The maximum atomic E-state index is 5.71. The van der Waals surface area contributed by atoms with Gasteiger partial charge in [0.1, 0.15) is 12.6 Å². The molecule has 2 aromatic rings.